The van der Waals surface area contributed by atoms with Gasteiger partial charge in [0.1, 0.15) is 42.4 Å². The minimum Gasteiger partial charge on any atom is -0.388 e. The van der Waals surface area contributed by atoms with E-state index in [1.165, 1.54) is 11.1 Å². The average Bonchev–Trinajstić information content (AvgIpc) is 3.06. The lowest BCUT2D eigenvalue weighted by atomic mass is 10.0. The number of aliphatic hydroxyl groups excluding tert-OH is 5. The molecule has 0 aromatic heterocycles. The van der Waals surface area contributed by atoms with Gasteiger partial charge in [0.05, 0.1) is 12.7 Å². The Kier molecular flexibility index (Phi) is 9.42. The van der Waals surface area contributed by atoms with Gasteiger partial charge in [-0.2, -0.15) is 16.9 Å². The van der Waals surface area contributed by atoms with Gasteiger partial charge in [0, 0.05) is 18.0 Å². The van der Waals surface area contributed by atoms with E-state index in [0.717, 1.165) is 6.08 Å². The van der Waals surface area contributed by atoms with Crippen LogP contribution in [0, 0.1) is 0 Å². The highest BCUT2D eigenvalue weighted by Crippen LogP contribution is 2.61. The molecule has 206 valence electrons. The number of aliphatic hydroxyl groups is 5. The molecule has 0 spiro atoms. The summed E-state index contributed by atoms with van der Waals surface area (Å²) in [4.78, 5) is 32.2. The Hall–Kier alpha value is -0.920. The second-order valence-corrected chi connectivity index (χ2v) is 11.2. The van der Waals surface area contributed by atoms with Crippen molar-refractivity contribution in [1.82, 2.24) is 10.2 Å². The standard InChI is InChI=1S/C16H26N2O15P2S/c1-6-17-9(19)2-3-18(6)15-13(23)10(20)7(30-15)4-29-34(25,26)33-35(27,28)32-16-14(24)12(22)11(21)8(5-36)31-16/h2-3,7-8,10-16,20-24,36H,1,4-5H2,(H,17,19)(H,25,26)(H,27,28)/t7-,8?,10+,11+,12+,13?,14?,15-,16+/m1/s1. The molecule has 2 fully saturated rings. The van der Waals surface area contributed by atoms with Crippen LogP contribution >= 0.6 is 28.3 Å². The summed E-state index contributed by atoms with van der Waals surface area (Å²) in [5.41, 5.74) is 0. The summed E-state index contributed by atoms with van der Waals surface area (Å²) < 4.78 is 48.1. The summed E-state index contributed by atoms with van der Waals surface area (Å²) in [5, 5.41) is 52.3. The number of rotatable bonds is 9. The number of phosphoric ester groups is 2. The molecule has 11 atom stereocenters. The molecule has 0 aromatic carbocycles. The number of ether oxygens (including phenoxy) is 2. The number of nitrogens with zero attached hydrogens (tertiary/aromatic N) is 1. The molecule has 0 radical (unpaired) electrons. The molecule has 36 heavy (non-hydrogen) atoms. The Morgan fingerprint density at radius 3 is 2.25 bits per heavy atom. The first-order chi connectivity index (χ1) is 16.7. The lowest BCUT2D eigenvalue weighted by Crippen LogP contribution is -2.58. The maximum absolute atomic E-state index is 12.2. The predicted octanol–water partition coefficient (Wildman–Crippen LogP) is -3.16. The van der Waals surface area contributed by atoms with Crippen LogP contribution in [-0.4, -0.2) is 114 Å². The summed E-state index contributed by atoms with van der Waals surface area (Å²) in [5.74, 6) is -0.664. The van der Waals surface area contributed by atoms with Crippen LogP contribution in [0.2, 0.25) is 0 Å². The van der Waals surface area contributed by atoms with E-state index in [9.17, 15) is 49.2 Å². The van der Waals surface area contributed by atoms with Gasteiger partial charge in [-0.05, 0) is 0 Å². The van der Waals surface area contributed by atoms with Crippen LogP contribution in [0.25, 0.3) is 0 Å². The normalized spacial score (nSPS) is 40.6. The minimum atomic E-state index is -5.50. The van der Waals surface area contributed by atoms with Crippen LogP contribution in [0.5, 0.6) is 0 Å². The van der Waals surface area contributed by atoms with Gasteiger partial charge in [-0.3, -0.25) is 13.8 Å². The fourth-order valence-electron chi connectivity index (χ4n) is 3.45. The quantitative estimate of drug-likeness (QED) is 0.0963. The number of carbonyl (C=O) groups is 1. The topological polar surface area (TPSA) is 254 Å². The molecular weight excluding hydrogens is 554 g/mol. The molecule has 3 heterocycles. The van der Waals surface area contributed by atoms with E-state index in [-0.39, 0.29) is 11.6 Å². The van der Waals surface area contributed by atoms with Crippen molar-refractivity contribution in [2.24, 2.45) is 0 Å². The van der Waals surface area contributed by atoms with Crippen LogP contribution in [0.1, 0.15) is 0 Å². The third kappa shape index (κ3) is 6.74. The summed E-state index contributed by atoms with van der Waals surface area (Å²) in [6, 6.07) is 0. The van der Waals surface area contributed by atoms with E-state index in [4.69, 9.17) is 9.47 Å². The Balaban J connectivity index is 1.58. The van der Waals surface area contributed by atoms with E-state index >= 15 is 0 Å². The molecule has 20 heteroatoms. The number of phosphoric acid groups is 2. The number of hydrogen-bond donors (Lipinski definition) is 9. The van der Waals surface area contributed by atoms with Gasteiger partial charge in [0.15, 0.2) is 12.5 Å². The maximum Gasteiger partial charge on any atom is 0.483 e. The first-order valence-corrected chi connectivity index (χ1v) is 13.8. The van der Waals surface area contributed by atoms with Crippen LogP contribution < -0.4 is 5.32 Å². The van der Waals surface area contributed by atoms with Gasteiger partial charge >= 0.3 is 15.6 Å². The molecule has 2 saturated heterocycles. The number of carbonyl (C=O) groups excluding carboxylic acids is 1. The zero-order valence-electron chi connectivity index (χ0n) is 18.2. The Labute approximate surface area is 209 Å². The van der Waals surface area contributed by atoms with Gasteiger partial charge in [-0.15, -0.1) is 0 Å². The van der Waals surface area contributed by atoms with Crippen LogP contribution in [0.3, 0.4) is 0 Å². The number of thiol groups is 1. The smallest absolute Gasteiger partial charge is 0.388 e. The first-order valence-electron chi connectivity index (χ1n) is 10.1. The zero-order chi connectivity index (χ0) is 27.0. The molecule has 3 rings (SSSR count). The molecule has 17 nitrogen and oxygen atoms in total. The van der Waals surface area contributed by atoms with Crippen LogP contribution in [0.15, 0.2) is 24.7 Å². The summed E-state index contributed by atoms with van der Waals surface area (Å²) in [6.45, 7) is 2.65. The minimum absolute atomic E-state index is 0.0137. The molecule has 0 aliphatic carbocycles. The van der Waals surface area contributed by atoms with Gasteiger partial charge in [-0.25, -0.2) is 9.13 Å². The highest BCUT2D eigenvalue weighted by molar-refractivity contribution is 7.80. The second-order valence-electron chi connectivity index (χ2n) is 7.82. The molecule has 0 saturated carbocycles. The molecule has 0 aromatic rings. The summed E-state index contributed by atoms with van der Waals surface area (Å²) >= 11 is 3.87. The third-order valence-electron chi connectivity index (χ3n) is 5.27. The van der Waals surface area contributed by atoms with E-state index in [0.29, 0.717) is 0 Å². The Morgan fingerprint density at radius 1 is 1.00 bits per heavy atom. The largest absolute Gasteiger partial charge is 0.483 e. The summed E-state index contributed by atoms with van der Waals surface area (Å²) in [6.07, 6.45) is -12.4. The SMILES string of the molecule is C=C1NC(=O)C=CN1[C@@H]1O[C@H](COP(=O)(O)OP(=O)(O)O[C@@H]2OC(CS)[C@H](O)[C@H](O)C2O)[C@H](O)C1O. The molecule has 0 bridgehead atoms. The molecule has 3 aliphatic rings. The summed E-state index contributed by atoms with van der Waals surface area (Å²) in [7, 11) is -10.9. The van der Waals surface area contributed by atoms with Crippen molar-refractivity contribution in [2.45, 2.75) is 55.2 Å². The lowest BCUT2D eigenvalue weighted by molar-refractivity contribution is -0.270. The van der Waals surface area contributed by atoms with Crippen LogP contribution in [0.4, 0.5) is 0 Å². The second kappa shape index (κ2) is 11.4. The maximum atomic E-state index is 12.2. The highest BCUT2D eigenvalue weighted by Gasteiger charge is 2.50. The van der Waals surface area contributed by atoms with E-state index in [1.807, 2.05) is 0 Å². The molecule has 8 N–H and O–H groups in total. The van der Waals surface area contributed by atoms with Crippen molar-refractivity contribution < 1.29 is 72.1 Å². The number of nitrogens with one attached hydrogen (secondary N) is 1. The van der Waals surface area contributed by atoms with Gasteiger partial charge in [-0.1, -0.05) is 6.58 Å². The van der Waals surface area contributed by atoms with Crippen molar-refractivity contribution in [1.29, 1.82) is 0 Å². The average molecular weight is 580 g/mol. The Morgan fingerprint density at radius 2 is 1.64 bits per heavy atom. The molecular formula is C16H26N2O15P2S. The zero-order valence-corrected chi connectivity index (χ0v) is 20.8. The van der Waals surface area contributed by atoms with Crippen LogP contribution in [-0.2, 0) is 36.8 Å². The number of hydrogen-bond acceptors (Lipinski definition) is 15. The predicted molar refractivity (Wildman–Crippen MR) is 117 cm³/mol. The number of amides is 1. The fraction of sp³-hybridized carbons (Fsp3) is 0.688. The van der Waals surface area contributed by atoms with Gasteiger partial charge in [0.25, 0.3) is 5.91 Å². The van der Waals surface area contributed by atoms with E-state index < -0.39 is 83.4 Å². The highest BCUT2D eigenvalue weighted by atomic mass is 32.1. The first kappa shape index (κ1) is 29.6. The third-order valence-corrected chi connectivity index (χ3v) is 8.23. The van der Waals surface area contributed by atoms with Crippen molar-refractivity contribution in [3.05, 3.63) is 24.7 Å². The molecule has 3 aliphatic heterocycles. The van der Waals surface area contributed by atoms with Crippen molar-refractivity contribution in [3.8, 4) is 0 Å². The van der Waals surface area contributed by atoms with Gasteiger partial charge < -0.3 is 55.0 Å². The molecule has 1 amide bonds. The van der Waals surface area contributed by atoms with E-state index in [2.05, 4.69) is 37.9 Å². The van der Waals surface area contributed by atoms with Crippen molar-refractivity contribution >= 4 is 34.2 Å². The monoisotopic (exact) mass is 580 g/mol. The van der Waals surface area contributed by atoms with E-state index in [1.54, 1.807) is 0 Å². The van der Waals surface area contributed by atoms with Crippen molar-refractivity contribution in [3.63, 3.8) is 0 Å². The van der Waals surface area contributed by atoms with Crippen molar-refractivity contribution in [2.75, 3.05) is 12.4 Å². The van der Waals surface area contributed by atoms with Gasteiger partial charge in [0.2, 0.25) is 0 Å². The Bertz CT molecular complexity index is 968. The molecule has 5 unspecified atom stereocenters. The lowest BCUT2D eigenvalue weighted by Gasteiger charge is -2.39. The fourth-order valence-corrected chi connectivity index (χ4v) is 5.91.